The summed E-state index contributed by atoms with van der Waals surface area (Å²) >= 11 is 9.60. The second kappa shape index (κ2) is 11.8. The van der Waals surface area contributed by atoms with Crippen LogP contribution in [0, 0.1) is 0 Å². The molecule has 3 rings (SSSR count). The number of carbonyl (C=O) groups is 1. The highest BCUT2D eigenvalue weighted by Crippen LogP contribution is 2.48. The van der Waals surface area contributed by atoms with E-state index in [1.54, 1.807) is 44.2 Å². The smallest absolute Gasteiger partial charge is 0.459 e. The van der Waals surface area contributed by atoms with E-state index in [2.05, 4.69) is 26.0 Å². The van der Waals surface area contributed by atoms with Crippen LogP contribution in [0.3, 0.4) is 0 Å². The molecule has 37 heavy (non-hydrogen) atoms. The number of hydrogen-bond acceptors (Lipinski definition) is 9. The van der Waals surface area contributed by atoms with Crippen LogP contribution >= 0.6 is 35.3 Å². The van der Waals surface area contributed by atoms with Gasteiger partial charge in [-0.25, -0.2) is 9.36 Å². The van der Waals surface area contributed by atoms with Gasteiger partial charge >= 0.3 is 19.4 Å². The summed E-state index contributed by atoms with van der Waals surface area (Å²) < 4.78 is 36.8. The molecule has 204 valence electrons. The minimum Gasteiger partial charge on any atom is -0.462 e. The summed E-state index contributed by atoms with van der Waals surface area (Å²) in [5.41, 5.74) is -1.46. The number of para-hydroxylation sites is 1. The molecule has 15 heteroatoms. The lowest BCUT2D eigenvalue weighted by atomic mass is 10.0. The Labute approximate surface area is 225 Å². The van der Waals surface area contributed by atoms with Crippen molar-refractivity contribution in [2.45, 2.75) is 63.2 Å². The first-order chi connectivity index (χ1) is 17.2. The number of nitrogens with one attached hydrogen (secondary N) is 2. The molecule has 12 nitrogen and oxygen atoms in total. The summed E-state index contributed by atoms with van der Waals surface area (Å²) in [6.45, 7) is 5.72. The van der Waals surface area contributed by atoms with Gasteiger partial charge in [0.25, 0.3) is 5.56 Å². The first-order valence-corrected chi connectivity index (χ1v) is 14.0. The number of H-pyrrole nitrogens is 1. The number of hydrogen-bond donors (Lipinski definition) is 3. The molecule has 0 aliphatic carbocycles. The van der Waals surface area contributed by atoms with Crippen LogP contribution in [0.4, 0.5) is 0 Å². The molecule has 0 bridgehead atoms. The first kappa shape index (κ1) is 29.6. The van der Waals surface area contributed by atoms with Crippen molar-refractivity contribution in [3.63, 3.8) is 0 Å². The van der Waals surface area contributed by atoms with Crippen molar-refractivity contribution >= 4 is 41.2 Å². The van der Waals surface area contributed by atoms with Crippen molar-refractivity contribution in [2.75, 3.05) is 6.61 Å². The predicted octanol–water partition coefficient (Wildman–Crippen LogP) is 2.69. The molecule has 0 saturated carbocycles. The van der Waals surface area contributed by atoms with Crippen molar-refractivity contribution in [1.82, 2.24) is 14.6 Å². The summed E-state index contributed by atoms with van der Waals surface area (Å²) in [4.78, 5) is 37.0. The number of benzene rings is 1. The van der Waals surface area contributed by atoms with E-state index < -0.39 is 67.0 Å². The Morgan fingerprint density at radius 3 is 2.59 bits per heavy atom. The normalized spacial score (nSPS) is 26.0. The quantitative estimate of drug-likeness (QED) is 0.204. The Balaban J connectivity index is 1.82. The average molecular weight is 625 g/mol. The fourth-order valence-corrected chi connectivity index (χ4v) is 5.61. The molecule has 0 radical (unpaired) electrons. The van der Waals surface area contributed by atoms with E-state index in [0.717, 1.165) is 4.57 Å². The maximum Gasteiger partial charge on any atom is 0.459 e. The summed E-state index contributed by atoms with van der Waals surface area (Å²) in [5, 5.41) is 13.4. The van der Waals surface area contributed by atoms with Gasteiger partial charge in [0.2, 0.25) is 0 Å². The van der Waals surface area contributed by atoms with Crippen LogP contribution in [-0.4, -0.2) is 56.5 Å². The third-order valence-electron chi connectivity index (χ3n) is 5.33. The fraction of sp³-hybridized carbons (Fsp3) is 0.500. The molecule has 2 heterocycles. The first-order valence-electron chi connectivity index (χ1n) is 11.2. The Hall–Kier alpha value is -1.99. The molecule has 1 aliphatic rings. The minimum absolute atomic E-state index is 0.0459. The third kappa shape index (κ3) is 7.11. The number of esters is 1. The van der Waals surface area contributed by atoms with Crippen molar-refractivity contribution in [3.8, 4) is 5.75 Å². The number of aromatic nitrogens is 2. The Kier molecular flexibility index (Phi) is 9.44. The van der Waals surface area contributed by atoms with Crippen molar-refractivity contribution in [1.29, 1.82) is 0 Å². The molecular weight excluding hydrogens is 597 g/mol. The standard InChI is InChI=1S/C22H28BrClN3O9P/c1-12(2)34-19(30)13(3)26-37(32,36-14-8-6-5-7-9-14)33-11-16-17(28)22(4,24)20(35-16)27-10-15(23)18(29)25-21(27)31/h5-10,12-13,16-17,20,28H,11H2,1-4H3,(H,26,32)(H,25,29,31)/t13-,16-,17-,20?,22-,37-/m1/s1. The molecule has 1 aliphatic heterocycles. The molecule has 1 aromatic heterocycles. The number of alkyl halides is 1. The number of halogens is 2. The summed E-state index contributed by atoms with van der Waals surface area (Å²) in [5.74, 6) is -0.482. The van der Waals surface area contributed by atoms with E-state index in [-0.39, 0.29) is 10.2 Å². The van der Waals surface area contributed by atoms with E-state index >= 15 is 0 Å². The van der Waals surface area contributed by atoms with Gasteiger partial charge in [-0.2, -0.15) is 5.09 Å². The predicted molar refractivity (Wildman–Crippen MR) is 138 cm³/mol. The van der Waals surface area contributed by atoms with Crippen LogP contribution in [0.15, 0.2) is 50.6 Å². The largest absolute Gasteiger partial charge is 0.462 e. The van der Waals surface area contributed by atoms with Crippen LogP contribution in [0.5, 0.6) is 5.75 Å². The lowest BCUT2D eigenvalue weighted by Crippen LogP contribution is -2.43. The highest BCUT2D eigenvalue weighted by Gasteiger charge is 2.54. The number of ether oxygens (including phenoxy) is 2. The van der Waals surface area contributed by atoms with Gasteiger partial charge in [0.05, 0.1) is 17.2 Å². The molecule has 1 fully saturated rings. The molecule has 1 aromatic carbocycles. The highest BCUT2D eigenvalue weighted by molar-refractivity contribution is 9.10. The fourth-order valence-electron chi connectivity index (χ4n) is 3.49. The van der Waals surface area contributed by atoms with E-state index in [4.69, 9.17) is 30.1 Å². The van der Waals surface area contributed by atoms with Gasteiger partial charge in [0.15, 0.2) is 6.23 Å². The zero-order valence-corrected chi connectivity index (χ0v) is 23.7. The number of carbonyl (C=O) groups excluding carboxylic acids is 1. The summed E-state index contributed by atoms with van der Waals surface area (Å²) in [6.07, 6.45) is -3.00. The van der Waals surface area contributed by atoms with Crippen molar-refractivity contribution < 1.29 is 33.0 Å². The topological polar surface area (TPSA) is 158 Å². The van der Waals surface area contributed by atoms with Gasteiger partial charge in [0.1, 0.15) is 28.9 Å². The van der Waals surface area contributed by atoms with E-state index in [1.807, 2.05) is 0 Å². The molecule has 1 saturated heterocycles. The number of aromatic amines is 1. The van der Waals surface area contributed by atoms with Crippen LogP contribution in [-0.2, 0) is 23.4 Å². The zero-order chi connectivity index (χ0) is 27.5. The number of nitrogens with zero attached hydrogens (tertiary/aromatic N) is 1. The molecule has 0 spiro atoms. The van der Waals surface area contributed by atoms with Crippen LogP contribution in [0.25, 0.3) is 0 Å². The van der Waals surface area contributed by atoms with E-state index in [0.29, 0.717) is 0 Å². The Morgan fingerprint density at radius 2 is 1.97 bits per heavy atom. The highest BCUT2D eigenvalue weighted by atomic mass is 79.9. The lowest BCUT2D eigenvalue weighted by molar-refractivity contribution is -0.149. The van der Waals surface area contributed by atoms with Gasteiger partial charge < -0.3 is 19.1 Å². The SMILES string of the molecule is CC(C)OC(=O)[C@@H](C)N[P@@](=O)(OC[C@H]1OC(n2cc(Br)c(=O)[nH]c2=O)[C@](C)(Cl)[C@@H]1O)Oc1ccccc1. The number of aliphatic hydroxyl groups is 1. The molecular formula is C22H28BrClN3O9P. The molecule has 0 amide bonds. The minimum atomic E-state index is -4.24. The Bertz CT molecular complexity index is 1270. The van der Waals surface area contributed by atoms with E-state index in [9.17, 15) is 24.1 Å². The zero-order valence-electron chi connectivity index (χ0n) is 20.4. The van der Waals surface area contributed by atoms with Gasteiger partial charge in [-0.3, -0.25) is 23.7 Å². The van der Waals surface area contributed by atoms with Crippen molar-refractivity contribution in [2.24, 2.45) is 0 Å². The maximum atomic E-state index is 13.7. The lowest BCUT2D eigenvalue weighted by Gasteiger charge is -2.26. The van der Waals surface area contributed by atoms with Crippen LogP contribution < -0.4 is 20.9 Å². The molecule has 6 atom stereocenters. The molecule has 1 unspecified atom stereocenters. The van der Waals surface area contributed by atoms with Crippen molar-refractivity contribution in [3.05, 3.63) is 61.8 Å². The van der Waals surface area contributed by atoms with Gasteiger partial charge in [0, 0.05) is 6.20 Å². The summed E-state index contributed by atoms with van der Waals surface area (Å²) in [6, 6.07) is 7.06. The second-order valence-corrected chi connectivity index (χ2v) is 12.2. The van der Waals surface area contributed by atoms with Gasteiger partial charge in [-0.15, -0.1) is 11.6 Å². The molecule has 3 N–H and O–H groups in total. The van der Waals surface area contributed by atoms with Crippen LogP contribution in [0.2, 0.25) is 0 Å². The van der Waals surface area contributed by atoms with Gasteiger partial charge in [-0.05, 0) is 55.8 Å². The second-order valence-electron chi connectivity index (χ2n) is 8.80. The van der Waals surface area contributed by atoms with Crippen LogP contribution in [0.1, 0.15) is 33.9 Å². The summed E-state index contributed by atoms with van der Waals surface area (Å²) in [7, 11) is -4.24. The van der Waals surface area contributed by atoms with Gasteiger partial charge in [-0.1, -0.05) is 18.2 Å². The maximum absolute atomic E-state index is 13.7. The van der Waals surface area contributed by atoms with E-state index in [1.165, 1.54) is 20.0 Å². The number of rotatable bonds is 10. The number of aliphatic hydroxyl groups excluding tert-OH is 1. The third-order valence-corrected chi connectivity index (χ3v) is 7.95. The molecule has 2 aromatic rings. The monoisotopic (exact) mass is 623 g/mol. The Morgan fingerprint density at radius 1 is 1.32 bits per heavy atom. The average Bonchev–Trinajstić information content (AvgIpc) is 3.03.